The number of nitro benzene ring substituents is 1. The average Bonchev–Trinajstić information content (AvgIpc) is 2.30. The van der Waals surface area contributed by atoms with E-state index in [0.717, 1.165) is 0 Å². The highest BCUT2D eigenvalue weighted by molar-refractivity contribution is 5.69. The Balaban J connectivity index is 2.58. The predicted molar refractivity (Wildman–Crippen MR) is 55.2 cm³/mol. The van der Waals surface area contributed by atoms with Crippen molar-refractivity contribution in [2.45, 2.75) is 0 Å². The Morgan fingerprint density at radius 1 is 1.27 bits per heavy atom. The molecule has 0 aliphatic heterocycles. The molecule has 4 heteroatoms. The van der Waals surface area contributed by atoms with E-state index >= 15 is 0 Å². The Morgan fingerprint density at radius 3 is 2.80 bits per heavy atom. The third-order valence-electron chi connectivity index (χ3n) is 1.95. The lowest BCUT2D eigenvalue weighted by molar-refractivity contribution is -0.384. The fraction of sp³-hybridized carbons (Fsp3) is 0. The van der Waals surface area contributed by atoms with Crippen LogP contribution in [-0.2, 0) is 0 Å². The third kappa shape index (κ3) is 1.83. The van der Waals surface area contributed by atoms with Crippen molar-refractivity contribution in [3.05, 3.63) is 58.8 Å². The topological polar surface area (TPSA) is 56.0 Å². The summed E-state index contributed by atoms with van der Waals surface area (Å²) in [6, 6.07) is 12.8. The van der Waals surface area contributed by atoms with Crippen LogP contribution in [0.2, 0.25) is 0 Å². The zero-order valence-electron chi connectivity index (χ0n) is 7.75. The van der Waals surface area contributed by atoms with Gasteiger partial charge in [-0.1, -0.05) is 18.2 Å². The molecule has 15 heavy (non-hydrogen) atoms. The van der Waals surface area contributed by atoms with E-state index in [1.165, 1.54) is 6.07 Å². The van der Waals surface area contributed by atoms with E-state index in [2.05, 4.69) is 11.1 Å². The van der Waals surface area contributed by atoms with Gasteiger partial charge in [0, 0.05) is 12.3 Å². The van der Waals surface area contributed by atoms with Gasteiger partial charge < -0.3 is 0 Å². The van der Waals surface area contributed by atoms with Gasteiger partial charge in [-0.25, -0.2) is 0 Å². The molecule has 0 N–H and O–H groups in total. The number of hydrogen-bond acceptors (Lipinski definition) is 3. The number of rotatable bonds is 2. The van der Waals surface area contributed by atoms with E-state index < -0.39 is 4.92 Å². The number of nitro groups is 1. The largest absolute Gasteiger partial charge is 0.279 e. The molecule has 0 atom stereocenters. The molecule has 0 bridgehead atoms. The summed E-state index contributed by atoms with van der Waals surface area (Å²) in [4.78, 5) is 14.4. The second-order valence-corrected chi connectivity index (χ2v) is 2.90. The van der Waals surface area contributed by atoms with E-state index in [1.54, 1.807) is 36.5 Å². The standard InChI is InChI=1S/C11H7N2O2/c14-13(15)11-7-2-1-5-9(11)10-6-3-4-8-12-10/h1-4,6-8H. The van der Waals surface area contributed by atoms with Crippen molar-refractivity contribution in [1.82, 2.24) is 4.98 Å². The first kappa shape index (κ1) is 9.33. The monoisotopic (exact) mass is 199 g/mol. The molecule has 2 aromatic rings. The number of aromatic nitrogens is 1. The summed E-state index contributed by atoms with van der Waals surface area (Å²) in [6.45, 7) is 0. The lowest BCUT2D eigenvalue weighted by Crippen LogP contribution is -1.92. The normalized spacial score (nSPS) is 9.87. The van der Waals surface area contributed by atoms with Crippen molar-refractivity contribution in [1.29, 1.82) is 0 Å². The van der Waals surface area contributed by atoms with Crippen LogP contribution in [0.3, 0.4) is 0 Å². The molecule has 4 nitrogen and oxygen atoms in total. The van der Waals surface area contributed by atoms with E-state index in [9.17, 15) is 10.1 Å². The third-order valence-corrected chi connectivity index (χ3v) is 1.95. The Bertz CT molecular complexity index is 483. The summed E-state index contributed by atoms with van der Waals surface area (Å²) in [5.74, 6) is 0. The molecule has 0 saturated carbocycles. The number of nitrogens with zero attached hydrogens (tertiary/aromatic N) is 2. The van der Waals surface area contributed by atoms with Gasteiger partial charge in [0.2, 0.25) is 0 Å². The summed E-state index contributed by atoms with van der Waals surface area (Å²) in [7, 11) is 0. The van der Waals surface area contributed by atoms with Crippen LogP contribution in [-0.4, -0.2) is 9.91 Å². The Morgan fingerprint density at radius 2 is 2.13 bits per heavy atom. The van der Waals surface area contributed by atoms with Gasteiger partial charge in [-0.05, 0) is 18.2 Å². The fourth-order valence-electron chi connectivity index (χ4n) is 1.30. The van der Waals surface area contributed by atoms with Gasteiger partial charge in [0.05, 0.1) is 16.2 Å². The van der Waals surface area contributed by atoms with Crippen LogP contribution in [0.4, 0.5) is 5.69 Å². The summed E-state index contributed by atoms with van der Waals surface area (Å²) < 4.78 is 0. The van der Waals surface area contributed by atoms with Crippen molar-refractivity contribution in [3.8, 4) is 11.3 Å². The zero-order valence-corrected chi connectivity index (χ0v) is 7.75. The van der Waals surface area contributed by atoms with Crippen LogP contribution in [0.5, 0.6) is 0 Å². The molecule has 73 valence electrons. The molecule has 1 aromatic heterocycles. The molecule has 1 heterocycles. The van der Waals surface area contributed by atoms with Gasteiger partial charge in [0.1, 0.15) is 0 Å². The van der Waals surface area contributed by atoms with Crippen LogP contribution >= 0.6 is 0 Å². The zero-order chi connectivity index (χ0) is 10.7. The SMILES string of the molecule is O=[N+]([O-])c1ccc[c]c1-c1ccccn1. The van der Waals surface area contributed by atoms with Crippen LogP contribution in [0.25, 0.3) is 11.3 Å². The van der Waals surface area contributed by atoms with Gasteiger partial charge >= 0.3 is 0 Å². The van der Waals surface area contributed by atoms with Crippen molar-refractivity contribution in [2.75, 3.05) is 0 Å². The highest BCUT2D eigenvalue weighted by atomic mass is 16.6. The first-order chi connectivity index (χ1) is 7.29. The van der Waals surface area contributed by atoms with Crippen molar-refractivity contribution in [2.24, 2.45) is 0 Å². The van der Waals surface area contributed by atoms with E-state index in [0.29, 0.717) is 11.3 Å². The lowest BCUT2D eigenvalue weighted by Gasteiger charge is -2.00. The summed E-state index contributed by atoms with van der Waals surface area (Å²) in [6.07, 6.45) is 1.60. The fourth-order valence-corrected chi connectivity index (χ4v) is 1.30. The number of hydrogen-bond donors (Lipinski definition) is 0. The highest BCUT2D eigenvalue weighted by Crippen LogP contribution is 2.26. The first-order valence-corrected chi connectivity index (χ1v) is 4.35. The van der Waals surface area contributed by atoms with Gasteiger partial charge in [-0.3, -0.25) is 15.1 Å². The summed E-state index contributed by atoms with van der Waals surface area (Å²) in [5, 5.41) is 10.8. The van der Waals surface area contributed by atoms with Gasteiger partial charge in [0.25, 0.3) is 5.69 Å². The number of benzene rings is 1. The molecule has 1 aromatic carbocycles. The molecular formula is C11H7N2O2. The molecule has 0 saturated heterocycles. The Kier molecular flexibility index (Phi) is 2.41. The Hall–Kier alpha value is -2.23. The first-order valence-electron chi connectivity index (χ1n) is 4.35. The summed E-state index contributed by atoms with van der Waals surface area (Å²) in [5.41, 5.74) is 1.00. The molecule has 0 spiro atoms. The minimum Gasteiger partial charge on any atom is -0.258 e. The van der Waals surface area contributed by atoms with Crippen molar-refractivity contribution >= 4 is 5.69 Å². The Labute approximate surface area is 86.4 Å². The average molecular weight is 199 g/mol. The molecule has 0 fully saturated rings. The highest BCUT2D eigenvalue weighted by Gasteiger charge is 2.14. The minimum atomic E-state index is -0.430. The van der Waals surface area contributed by atoms with Gasteiger partial charge in [-0.2, -0.15) is 0 Å². The molecule has 0 unspecified atom stereocenters. The molecular weight excluding hydrogens is 192 g/mol. The van der Waals surface area contributed by atoms with Crippen molar-refractivity contribution < 1.29 is 4.92 Å². The minimum absolute atomic E-state index is 0.0243. The molecule has 0 amide bonds. The second kappa shape index (κ2) is 3.88. The molecule has 0 aliphatic carbocycles. The van der Waals surface area contributed by atoms with E-state index in [1.807, 2.05) is 0 Å². The summed E-state index contributed by atoms with van der Waals surface area (Å²) >= 11 is 0. The van der Waals surface area contributed by atoms with E-state index in [4.69, 9.17) is 0 Å². The number of pyridine rings is 1. The lowest BCUT2D eigenvalue weighted by atomic mass is 10.1. The van der Waals surface area contributed by atoms with Crippen LogP contribution in [0.15, 0.2) is 42.6 Å². The van der Waals surface area contributed by atoms with Crippen molar-refractivity contribution in [3.63, 3.8) is 0 Å². The quantitative estimate of drug-likeness (QED) is 0.551. The maximum atomic E-state index is 10.8. The van der Waals surface area contributed by atoms with Gasteiger partial charge in [0.15, 0.2) is 0 Å². The molecule has 1 radical (unpaired) electrons. The predicted octanol–water partition coefficient (Wildman–Crippen LogP) is 2.46. The maximum absolute atomic E-state index is 10.8. The van der Waals surface area contributed by atoms with E-state index in [-0.39, 0.29) is 5.69 Å². The molecule has 2 rings (SSSR count). The van der Waals surface area contributed by atoms with Crippen LogP contribution < -0.4 is 0 Å². The van der Waals surface area contributed by atoms with Crippen LogP contribution in [0.1, 0.15) is 0 Å². The molecule has 0 aliphatic rings. The smallest absolute Gasteiger partial charge is 0.258 e. The van der Waals surface area contributed by atoms with Crippen LogP contribution in [0, 0.1) is 16.2 Å². The van der Waals surface area contributed by atoms with Gasteiger partial charge in [-0.15, -0.1) is 0 Å². The maximum Gasteiger partial charge on any atom is 0.279 e. The second-order valence-electron chi connectivity index (χ2n) is 2.90.